The Morgan fingerprint density at radius 1 is 1.03 bits per heavy atom. The van der Waals surface area contributed by atoms with E-state index in [1.807, 2.05) is 26.0 Å². The molecule has 194 valence electrons. The van der Waals surface area contributed by atoms with Crippen LogP contribution in [-0.4, -0.2) is 30.3 Å². The molecule has 0 bridgehead atoms. The summed E-state index contributed by atoms with van der Waals surface area (Å²) in [5.74, 6) is -0.816. The Hall–Kier alpha value is -4.54. The van der Waals surface area contributed by atoms with E-state index >= 15 is 0 Å². The van der Waals surface area contributed by atoms with E-state index in [-0.39, 0.29) is 35.2 Å². The molecule has 0 atom stereocenters. The Balaban J connectivity index is 1.46. The predicted octanol–water partition coefficient (Wildman–Crippen LogP) is 6.17. The van der Waals surface area contributed by atoms with Crippen LogP contribution in [0, 0.1) is 5.82 Å². The number of carbonyl (C=O) groups is 1. The van der Waals surface area contributed by atoms with Crippen LogP contribution in [0.15, 0.2) is 73.2 Å². The zero-order valence-electron chi connectivity index (χ0n) is 20.4. The van der Waals surface area contributed by atoms with Crippen molar-refractivity contribution in [1.29, 1.82) is 0 Å². The average Bonchev–Trinajstić information content (AvgIpc) is 3.49. The van der Waals surface area contributed by atoms with E-state index in [4.69, 9.17) is 0 Å². The smallest absolute Gasteiger partial charge is 0.319 e. The highest BCUT2D eigenvalue weighted by Gasteiger charge is 2.36. The van der Waals surface area contributed by atoms with Crippen molar-refractivity contribution in [1.82, 2.24) is 24.4 Å². The third-order valence-corrected chi connectivity index (χ3v) is 6.00. The summed E-state index contributed by atoms with van der Waals surface area (Å²) >= 11 is 0. The van der Waals surface area contributed by atoms with Crippen molar-refractivity contribution in [3.05, 3.63) is 101 Å². The molecule has 0 aliphatic rings. The molecule has 0 spiro atoms. The number of benzene rings is 2. The van der Waals surface area contributed by atoms with Gasteiger partial charge >= 0.3 is 6.18 Å². The van der Waals surface area contributed by atoms with Crippen LogP contribution in [0.3, 0.4) is 0 Å². The first-order valence-corrected chi connectivity index (χ1v) is 11.7. The molecule has 38 heavy (non-hydrogen) atoms. The number of amides is 1. The van der Waals surface area contributed by atoms with Gasteiger partial charge in [-0.25, -0.2) is 13.9 Å². The van der Waals surface area contributed by atoms with E-state index in [0.717, 1.165) is 17.8 Å². The number of alkyl halides is 3. The fourth-order valence-electron chi connectivity index (χ4n) is 4.05. The van der Waals surface area contributed by atoms with Gasteiger partial charge in [0.2, 0.25) is 0 Å². The van der Waals surface area contributed by atoms with Gasteiger partial charge in [-0.3, -0.25) is 9.48 Å². The number of anilines is 1. The topological polar surface area (TPSA) is 77.1 Å². The van der Waals surface area contributed by atoms with Gasteiger partial charge < -0.3 is 5.32 Å². The molecule has 1 N–H and O–H groups in total. The number of nitrogens with zero attached hydrogens (tertiary/aromatic N) is 5. The van der Waals surface area contributed by atoms with E-state index in [1.165, 1.54) is 29.2 Å². The molecule has 0 aliphatic carbocycles. The largest absolute Gasteiger partial charge is 0.433 e. The number of halogens is 4. The van der Waals surface area contributed by atoms with Crippen LogP contribution < -0.4 is 5.32 Å². The minimum Gasteiger partial charge on any atom is -0.319 e. The van der Waals surface area contributed by atoms with Crippen LogP contribution in [0.25, 0.3) is 16.9 Å². The molecule has 1 amide bonds. The molecule has 0 saturated carbocycles. The molecule has 0 radical (unpaired) electrons. The Bertz CT molecular complexity index is 1620. The molecule has 3 heterocycles. The number of nitrogens with one attached hydrogen (secondary N) is 1. The highest BCUT2D eigenvalue weighted by Crippen LogP contribution is 2.33. The molecule has 0 saturated heterocycles. The molecule has 2 aromatic carbocycles. The number of hydrogen-bond donors (Lipinski definition) is 1. The second kappa shape index (κ2) is 9.73. The molecule has 0 fully saturated rings. The number of fused-ring (bicyclic) bond motifs is 1. The minimum atomic E-state index is -4.73. The van der Waals surface area contributed by atoms with Gasteiger partial charge in [-0.1, -0.05) is 50.2 Å². The van der Waals surface area contributed by atoms with Crippen LogP contribution in [0.4, 0.5) is 23.2 Å². The van der Waals surface area contributed by atoms with E-state index < -0.39 is 17.8 Å². The fraction of sp³-hybridized carbons (Fsp3) is 0.185. The van der Waals surface area contributed by atoms with Crippen molar-refractivity contribution in [2.75, 3.05) is 5.32 Å². The summed E-state index contributed by atoms with van der Waals surface area (Å²) in [6, 6.07) is 14.0. The average molecular weight is 523 g/mol. The quantitative estimate of drug-likeness (QED) is 0.271. The van der Waals surface area contributed by atoms with Crippen LogP contribution in [0.2, 0.25) is 0 Å². The number of carbonyl (C=O) groups excluding carboxylic acids is 1. The first-order chi connectivity index (χ1) is 18.1. The summed E-state index contributed by atoms with van der Waals surface area (Å²) in [6.45, 7) is 4.30. The van der Waals surface area contributed by atoms with Gasteiger partial charge in [0.05, 0.1) is 30.3 Å². The Labute approximate surface area is 214 Å². The van der Waals surface area contributed by atoms with Crippen LogP contribution >= 0.6 is 0 Å². The second-order valence-corrected chi connectivity index (χ2v) is 9.11. The molecule has 7 nitrogen and oxygen atoms in total. The molecule has 5 rings (SSSR count). The van der Waals surface area contributed by atoms with Crippen molar-refractivity contribution in [3.8, 4) is 11.3 Å². The van der Waals surface area contributed by atoms with Crippen molar-refractivity contribution in [2.45, 2.75) is 32.5 Å². The summed E-state index contributed by atoms with van der Waals surface area (Å²) in [7, 11) is 0. The number of rotatable bonds is 6. The SMILES string of the molecule is CC(C)c1ccc(-c2cc(C(F)(F)F)n3ncc(C(=O)Nc4cnn(Cc5cccc(F)c5)c4)c3n2)cc1. The Kier molecular flexibility index (Phi) is 6.43. The van der Waals surface area contributed by atoms with E-state index in [2.05, 4.69) is 20.5 Å². The molecule has 11 heteroatoms. The lowest BCUT2D eigenvalue weighted by molar-refractivity contribution is -0.142. The van der Waals surface area contributed by atoms with Gasteiger partial charge in [0, 0.05) is 11.8 Å². The number of hydrogen-bond acceptors (Lipinski definition) is 4. The standard InChI is InChI=1S/C27H22F4N6O/c1-16(2)18-6-8-19(9-7-18)23-11-24(27(29,30)31)37-25(35-23)22(13-33-37)26(38)34-21-12-32-36(15-21)14-17-4-3-5-20(28)10-17/h3-13,15-16H,14H2,1-2H3,(H,34,38). The van der Waals surface area contributed by atoms with Gasteiger partial charge in [0.25, 0.3) is 5.91 Å². The predicted molar refractivity (Wildman–Crippen MR) is 133 cm³/mol. The first-order valence-electron chi connectivity index (χ1n) is 11.7. The summed E-state index contributed by atoms with van der Waals surface area (Å²) in [6.07, 6.45) is -0.759. The molecule has 3 aromatic heterocycles. The molecule has 5 aromatic rings. The van der Waals surface area contributed by atoms with Gasteiger partial charge in [0.15, 0.2) is 11.3 Å². The van der Waals surface area contributed by atoms with E-state index in [9.17, 15) is 22.4 Å². The van der Waals surface area contributed by atoms with Crippen LogP contribution in [-0.2, 0) is 12.7 Å². The lowest BCUT2D eigenvalue weighted by atomic mass is 10.0. The summed E-state index contributed by atoms with van der Waals surface area (Å²) in [4.78, 5) is 17.4. The number of aromatic nitrogens is 5. The Morgan fingerprint density at radius 3 is 2.47 bits per heavy atom. The van der Waals surface area contributed by atoms with Gasteiger partial charge in [-0.15, -0.1) is 0 Å². The maximum atomic E-state index is 13.9. The van der Waals surface area contributed by atoms with Crippen molar-refractivity contribution in [3.63, 3.8) is 0 Å². The summed E-state index contributed by atoms with van der Waals surface area (Å²) in [5, 5.41) is 10.6. The summed E-state index contributed by atoms with van der Waals surface area (Å²) < 4.78 is 57.3. The zero-order valence-corrected chi connectivity index (χ0v) is 20.4. The molecular formula is C27H22F4N6O. The maximum absolute atomic E-state index is 13.9. The molecular weight excluding hydrogens is 500 g/mol. The second-order valence-electron chi connectivity index (χ2n) is 9.11. The van der Waals surface area contributed by atoms with E-state index in [1.54, 1.807) is 24.3 Å². The van der Waals surface area contributed by atoms with Gasteiger partial charge in [0.1, 0.15) is 11.4 Å². The van der Waals surface area contributed by atoms with Crippen molar-refractivity contribution >= 4 is 17.2 Å². The molecule has 0 unspecified atom stereocenters. The highest BCUT2D eigenvalue weighted by molar-refractivity contribution is 6.08. The fourth-order valence-corrected chi connectivity index (χ4v) is 4.05. The van der Waals surface area contributed by atoms with Gasteiger partial charge in [-0.2, -0.15) is 23.4 Å². The van der Waals surface area contributed by atoms with Gasteiger partial charge in [-0.05, 0) is 35.2 Å². The highest BCUT2D eigenvalue weighted by atomic mass is 19.4. The molecule has 0 aliphatic heterocycles. The third-order valence-electron chi connectivity index (χ3n) is 6.00. The van der Waals surface area contributed by atoms with Crippen LogP contribution in [0.1, 0.15) is 46.9 Å². The lowest BCUT2D eigenvalue weighted by Gasteiger charge is -2.12. The first kappa shape index (κ1) is 25.1. The van der Waals surface area contributed by atoms with Crippen molar-refractivity contribution < 1.29 is 22.4 Å². The zero-order chi connectivity index (χ0) is 27.0. The third kappa shape index (κ3) is 5.13. The van der Waals surface area contributed by atoms with Crippen molar-refractivity contribution in [2.24, 2.45) is 0 Å². The summed E-state index contributed by atoms with van der Waals surface area (Å²) in [5.41, 5.74) is 1.15. The van der Waals surface area contributed by atoms with Crippen LogP contribution in [0.5, 0.6) is 0 Å². The maximum Gasteiger partial charge on any atom is 0.433 e. The van der Waals surface area contributed by atoms with E-state index in [0.29, 0.717) is 21.3 Å². The minimum absolute atomic E-state index is 0.0672. The normalized spacial score (nSPS) is 11.9. The monoisotopic (exact) mass is 522 g/mol. The Morgan fingerprint density at radius 2 is 1.79 bits per heavy atom. The lowest BCUT2D eigenvalue weighted by Crippen LogP contribution is -2.15.